The third-order valence-electron chi connectivity index (χ3n) is 5.87. The quantitative estimate of drug-likeness (QED) is 0.334. The Kier molecular flexibility index (Phi) is 7.79. The molecule has 3 aromatic carbocycles. The highest BCUT2D eigenvalue weighted by molar-refractivity contribution is 6.30. The number of aromatic nitrogens is 2. The second-order valence-corrected chi connectivity index (χ2v) is 8.82. The van der Waals surface area contributed by atoms with Crippen LogP contribution in [0.5, 0.6) is 5.75 Å². The summed E-state index contributed by atoms with van der Waals surface area (Å²) in [5, 5.41) is 3.23. The van der Waals surface area contributed by atoms with E-state index >= 15 is 0 Å². The summed E-state index contributed by atoms with van der Waals surface area (Å²) in [6, 6.07) is 22.9. The summed E-state index contributed by atoms with van der Waals surface area (Å²) in [7, 11) is 1.73. The van der Waals surface area contributed by atoms with Gasteiger partial charge in [0.25, 0.3) is 11.5 Å². The van der Waals surface area contributed by atoms with E-state index in [4.69, 9.17) is 21.1 Å². The lowest BCUT2D eigenvalue weighted by Crippen LogP contribution is -2.32. The zero-order chi connectivity index (χ0) is 26.5. The summed E-state index contributed by atoms with van der Waals surface area (Å²) >= 11 is 5.92. The van der Waals surface area contributed by atoms with Crippen molar-refractivity contribution in [3.05, 3.63) is 111 Å². The normalized spacial score (nSPS) is 11.6. The summed E-state index contributed by atoms with van der Waals surface area (Å²) in [5.74, 6) is -1.03. The molecule has 1 heterocycles. The fraction of sp³-hybridized carbons (Fsp3) is 0.179. The number of nitrogens with zero attached hydrogens (tertiary/aromatic N) is 2. The number of benzene rings is 3. The fourth-order valence-corrected chi connectivity index (χ4v) is 3.84. The van der Waals surface area contributed by atoms with E-state index in [0.717, 1.165) is 5.56 Å². The number of anilines is 1. The molecule has 1 atom stereocenters. The molecule has 4 aromatic rings. The summed E-state index contributed by atoms with van der Waals surface area (Å²) in [6.07, 6.45) is -1.17. The van der Waals surface area contributed by atoms with Crippen molar-refractivity contribution in [2.75, 3.05) is 5.32 Å². The first-order chi connectivity index (χ1) is 17.8. The lowest BCUT2D eigenvalue weighted by atomic mass is 10.2. The van der Waals surface area contributed by atoms with E-state index in [2.05, 4.69) is 5.32 Å². The van der Waals surface area contributed by atoms with Gasteiger partial charge in [-0.15, -0.1) is 0 Å². The second-order valence-electron chi connectivity index (χ2n) is 8.38. The van der Waals surface area contributed by atoms with Crippen LogP contribution in [0, 0.1) is 6.92 Å². The van der Waals surface area contributed by atoms with E-state index in [-0.39, 0.29) is 23.4 Å². The van der Waals surface area contributed by atoms with Gasteiger partial charge in [-0.05, 0) is 55.8 Å². The number of carbonyl (C=O) groups excluding carboxylic acids is 2. The van der Waals surface area contributed by atoms with Gasteiger partial charge in [-0.25, -0.2) is 9.48 Å². The predicted molar refractivity (Wildman–Crippen MR) is 141 cm³/mol. The Morgan fingerprint density at radius 3 is 2.32 bits per heavy atom. The minimum Gasteiger partial charge on any atom is -0.488 e. The van der Waals surface area contributed by atoms with Crippen LogP contribution >= 0.6 is 11.6 Å². The molecular weight excluding hydrogens is 494 g/mol. The third-order valence-corrected chi connectivity index (χ3v) is 6.12. The van der Waals surface area contributed by atoms with Crippen LogP contribution in [0.4, 0.5) is 5.69 Å². The first-order valence-electron chi connectivity index (χ1n) is 11.6. The highest BCUT2D eigenvalue weighted by Crippen LogP contribution is 2.22. The topological polar surface area (TPSA) is 91.6 Å². The number of hydrogen-bond donors (Lipinski definition) is 1. The highest BCUT2D eigenvalue weighted by Gasteiger charge is 2.25. The van der Waals surface area contributed by atoms with Crippen molar-refractivity contribution in [1.82, 2.24) is 9.36 Å². The van der Waals surface area contributed by atoms with Crippen LogP contribution in [-0.2, 0) is 23.2 Å². The number of nitrogens with one attached hydrogen (secondary N) is 1. The monoisotopic (exact) mass is 519 g/mol. The van der Waals surface area contributed by atoms with Gasteiger partial charge in [0.15, 0.2) is 6.10 Å². The molecule has 0 spiro atoms. The number of halogens is 1. The van der Waals surface area contributed by atoms with Crippen molar-refractivity contribution in [1.29, 1.82) is 0 Å². The maximum Gasteiger partial charge on any atom is 0.342 e. The summed E-state index contributed by atoms with van der Waals surface area (Å²) in [6.45, 7) is 3.39. The van der Waals surface area contributed by atoms with Gasteiger partial charge in [0.1, 0.15) is 23.6 Å². The van der Waals surface area contributed by atoms with Crippen LogP contribution in [0.25, 0.3) is 5.69 Å². The number of hydrogen-bond acceptors (Lipinski definition) is 5. The summed E-state index contributed by atoms with van der Waals surface area (Å²) in [4.78, 5) is 38.8. The summed E-state index contributed by atoms with van der Waals surface area (Å²) < 4.78 is 14.3. The van der Waals surface area contributed by atoms with Gasteiger partial charge in [-0.1, -0.05) is 54.1 Å². The van der Waals surface area contributed by atoms with Crippen molar-refractivity contribution in [3.63, 3.8) is 0 Å². The van der Waals surface area contributed by atoms with Crippen LogP contribution in [0.2, 0.25) is 5.02 Å². The Morgan fingerprint density at radius 1 is 0.973 bits per heavy atom. The molecule has 1 aromatic heterocycles. The zero-order valence-electron chi connectivity index (χ0n) is 20.6. The van der Waals surface area contributed by atoms with Crippen LogP contribution in [-0.4, -0.2) is 27.3 Å². The minimum atomic E-state index is -1.17. The Bertz CT molecular complexity index is 1480. The predicted octanol–water partition coefficient (Wildman–Crippen LogP) is 4.90. The molecule has 37 heavy (non-hydrogen) atoms. The number of ether oxygens (including phenoxy) is 2. The maximum absolute atomic E-state index is 13.1. The van der Waals surface area contributed by atoms with Crippen molar-refractivity contribution < 1.29 is 19.1 Å². The van der Waals surface area contributed by atoms with Gasteiger partial charge >= 0.3 is 5.97 Å². The minimum absolute atomic E-state index is 0.117. The van der Waals surface area contributed by atoms with Gasteiger partial charge in [0.2, 0.25) is 0 Å². The van der Waals surface area contributed by atoms with Crippen molar-refractivity contribution >= 4 is 29.2 Å². The molecule has 4 rings (SSSR count). The zero-order valence-corrected chi connectivity index (χ0v) is 21.4. The molecule has 9 heteroatoms. The molecule has 0 saturated carbocycles. The molecule has 1 unspecified atom stereocenters. The largest absolute Gasteiger partial charge is 0.488 e. The lowest BCUT2D eigenvalue weighted by molar-refractivity contribution is -0.123. The van der Waals surface area contributed by atoms with Crippen molar-refractivity contribution in [2.45, 2.75) is 26.6 Å². The number of carbonyl (C=O) groups is 2. The molecule has 190 valence electrons. The molecule has 8 nitrogen and oxygen atoms in total. The molecule has 1 amide bonds. The average molecular weight is 520 g/mol. The number of esters is 1. The molecule has 0 aliphatic carbocycles. The third kappa shape index (κ3) is 5.76. The first kappa shape index (κ1) is 25.8. The van der Waals surface area contributed by atoms with E-state index in [0.29, 0.717) is 22.2 Å². The number of amides is 1. The van der Waals surface area contributed by atoms with E-state index in [1.165, 1.54) is 11.6 Å². The SMILES string of the molecule is Cc1c(NC(=O)C(C)OC(=O)c2ccccc2OCc2ccc(Cl)cc2)c(=O)n(-c2ccccc2)n1C. The van der Waals surface area contributed by atoms with Gasteiger partial charge < -0.3 is 14.8 Å². The molecule has 0 radical (unpaired) electrons. The highest BCUT2D eigenvalue weighted by atomic mass is 35.5. The molecule has 0 aliphatic heterocycles. The standard InChI is InChI=1S/C28H26ClN3O5/c1-18-25(27(34)32(31(18)3)22-9-5-4-6-10-22)30-26(33)19(2)37-28(35)23-11-7-8-12-24(23)36-17-20-13-15-21(29)16-14-20/h4-16,19H,17H2,1-3H3,(H,30,33). The molecular formula is C28H26ClN3O5. The van der Waals surface area contributed by atoms with Crippen LogP contribution in [0.3, 0.4) is 0 Å². The Hall–Kier alpha value is -4.30. The Labute approximate surface area is 219 Å². The van der Waals surface area contributed by atoms with E-state index in [1.807, 2.05) is 30.3 Å². The van der Waals surface area contributed by atoms with E-state index in [9.17, 15) is 14.4 Å². The van der Waals surface area contributed by atoms with Crippen molar-refractivity contribution in [2.24, 2.45) is 7.05 Å². The van der Waals surface area contributed by atoms with Crippen molar-refractivity contribution in [3.8, 4) is 11.4 Å². The number of rotatable bonds is 8. The molecule has 0 fully saturated rings. The smallest absolute Gasteiger partial charge is 0.342 e. The Balaban J connectivity index is 1.45. The number of para-hydroxylation sites is 2. The molecule has 0 aliphatic rings. The van der Waals surface area contributed by atoms with Crippen LogP contribution in [0.15, 0.2) is 83.7 Å². The average Bonchev–Trinajstić information content (AvgIpc) is 3.11. The molecule has 0 bridgehead atoms. The van der Waals surface area contributed by atoms with Gasteiger partial charge in [0, 0.05) is 12.1 Å². The fourth-order valence-electron chi connectivity index (χ4n) is 3.72. The van der Waals surface area contributed by atoms with Gasteiger partial charge in [0.05, 0.1) is 11.4 Å². The maximum atomic E-state index is 13.1. The van der Waals surface area contributed by atoms with E-state index in [1.54, 1.807) is 67.2 Å². The Morgan fingerprint density at radius 2 is 1.62 bits per heavy atom. The van der Waals surface area contributed by atoms with Crippen LogP contribution in [0.1, 0.15) is 28.5 Å². The molecule has 0 saturated heterocycles. The summed E-state index contributed by atoms with van der Waals surface area (Å²) in [5.41, 5.74) is 2.00. The molecule has 1 N–H and O–H groups in total. The van der Waals surface area contributed by atoms with E-state index < -0.39 is 18.0 Å². The van der Waals surface area contributed by atoms with Gasteiger partial charge in [-0.3, -0.25) is 14.3 Å². The lowest BCUT2D eigenvalue weighted by Gasteiger charge is -2.15. The van der Waals surface area contributed by atoms with Crippen LogP contribution < -0.4 is 15.6 Å². The second kappa shape index (κ2) is 11.2. The van der Waals surface area contributed by atoms with Gasteiger partial charge in [-0.2, -0.15) is 0 Å². The first-order valence-corrected chi connectivity index (χ1v) is 12.0.